The molecule has 0 unspecified atom stereocenters. The number of nitriles is 3. The van der Waals surface area contributed by atoms with Crippen molar-refractivity contribution < 1.29 is 0 Å². The number of rotatable bonds is 3. The van der Waals surface area contributed by atoms with Gasteiger partial charge >= 0.3 is 0 Å². The van der Waals surface area contributed by atoms with Crippen LogP contribution in [-0.4, -0.2) is 0 Å². The molecule has 0 aromatic heterocycles. The molecule has 0 saturated heterocycles. The molecule has 0 bridgehead atoms. The predicted octanol–water partition coefficient (Wildman–Crippen LogP) is 7.57. The second kappa shape index (κ2) is 12.4. The molecule has 4 heteroatoms. The van der Waals surface area contributed by atoms with Gasteiger partial charge in [0.1, 0.15) is 12.1 Å². The van der Waals surface area contributed by atoms with Crippen LogP contribution < -0.4 is 4.90 Å². The van der Waals surface area contributed by atoms with Crippen molar-refractivity contribution >= 4 is 17.1 Å². The molecule has 0 N–H and O–H groups in total. The van der Waals surface area contributed by atoms with Gasteiger partial charge in [0.25, 0.3) is 0 Å². The van der Waals surface area contributed by atoms with Crippen molar-refractivity contribution in [3.05, 3.63) is 160 Å². The van der Waals surface area contributed by atoms with Gasteiger partial charge in [-0.1, -0.05) is 60.1 Å². The molecule has 0 aliphatic carbocycles. The monoisotopic (exact) mass is 520 g/mol. The van der Waals surface area contributed by atoms with Crippen molar-refractivity contribution in [2.75, 3.05) is 4.90 Å². The second-order valence-corrected chi connectivity index (χ2v) is 8.91. The zero-order valence-electron chi connectivity index (χ0n) is 21.8. The van der Waals surface area contributed by atoms with E-state index < -0.39 is 0 Å². The van der Waals surface area contributed by atoms with Crippen LogP contribution in [0, 0.1) is 57.7 Å². The Morgan fingerprint density at radius 2 is 0.854 bits per heavy atom. The smallest absolute Gasteiger partial charge is 0.100 e. The first-order chi connectivity index (χ1) is 20.2. The van der Waals surface area contributed by atoms with E-state index in [2.05, 4.69) is 71.1 Å². The van der Waals surface area contributed by atoms with Crippen molar-refractivity contribution in [3.8, 4) is 41.9 Å². The number of hydrogen-bond acceptors (Lipinski definition) is 4. The van der Waals surface area contributed by atoms with Crippen molar-refractivity contribution in [2.24, 2.45) is 0 Å². The quantitative estimate of drug-likeness (QED) is 0.230. The molecule has 0 amide bonds. The van der Waals surface area contributed by atoms with Crippen molar-refractivity contribution in [1.82, 2.24) is 0 Å². The molecular formula is C37H20N4. The SMILES string of the molecule is N#Cc1ccc(C#N)c(C#Cc2ccc(C#Cc3ccc(N(c4ccccc4)c4ccccc4)cc3)c(C#N)c2)c1. The summed E-state index contributed by atoms with van der Waals surface area (Å²) in [5.41, 5.74) is 6.85. The van der Waals surface area contributed by atoms with Crippen LogP contribution in [0.4, 0.5) is 17.1 Å². The second-order valence-electron chi connectivity index (χ2n) is 8.91. The van der Waals surface area contributed by atoms with E-state index in [0.29, 0.717) is 33.4 Å². The lowest BCUT2D eigenvalue weighted by Gasteiger charge is -2.25. The van der Waals surface area contributed by atoms with Gasteiger partial charge in [-0.3, -0.25) is 0 Å². The zero-order chi connectivity index (χ0) is 28.4. The van der Waals surface area contributed by atoms with Crippen LogP contribution in [0.3, 0.4) is 0 Å². The number of benzene rings is 5. The summed E-state index contributed by atoms with van der Waals surface area (Å²) in [5, 5.41) is 28.2. The van der Waals surface area contributed by atoms with Gasteiger partial charge in [-0.25, -0.2) is 0 Å². The van der Waals surface area contributed by atoms with Gasteiger partial charge in [0, 0.05) is 39.3 Å². The molecule has 0 aliphatic heterocycles. The van der Waals surface area contributed by atoms with E-state index in [4.69, 9.17) is 5.26 Å². The van der Waals surface area contributed by atoms with Gasteiger partial charge in [-0.05, 0) is 84.9 Å². The Balaban J connectivity index is 1.40. The van der Waals surface area contributed by atoms with Crippen LogP contribution in [0.2, 0.25) is 0 Å². The van der Waals surface area contributed by atoms with Gasteiger partial charge in [-0.15, -0.1) is 0 Å². The summed E-state index contributed by atoms with van der Waals surface area (Å²) in [6.45, 7) is 0. The molecule has 41 heavy (non-hydrogen) atoms. The molecule has 5 rings (SSSR count). The summed E-state index contributed by atoms with van der Waals surface area (Å²) < 4.78 is 0. The summed E-state index contributed by atoms with van der Waals surface area (Å²) in [4.78, 5) is 2.18. The van der Waals surface area contributed by atoms with Crippen LogP contribution >= 0.6 is 0 Å². The zero-order valence-corrected chi connectivity index (χ0v) is 21.8. The first-order valence-corrected chi connectivity index (χ1v) is 12.7. The summed E-state index contributed by atoms with van der Waals surface area (Å²) in [6.07, 6.45) is 0. The maximum Gasteiger partial charge on any atom is 0.100 e. The molecule has 0 fully saturated rings. The molecule has 0 radical (unpaired) electrons. The van der Waals surface area contributed by atoms with E-state index >= 15 is 0 Å². The maximum absolute atomic E-state index is 9.74. The Hall–Kier alpha value is -6.51. The standard InChI is InChI=1S/C37H20N4/c38-25-30-14-20-33(26-39)32(24-30)19-13-29-12-18-31(34(23-29)27-40)17-11-28-15-21-37(22-16-28)41(35-7-3-1-4-8-35)36-9-5-2-6-10-36/h1-10,12,14-16,18,20-24H. The fourth-order valence-electron chi connectivity index (χ4n) is 4.21. The van der Waals surface area contributed by atoms with Crippen LogP contribution in [0.25, 0.3) is 0 Å². The Labute approximate surface area is 239 Å². The van der Waals surface area contributed by atoms with Gasteiger partial charge in [0.15, 0.2) is 0 Å². The summed E-state index contributed by atoms with van der Waals surface area (Å²) >= 11 is 0. The minimum atomic E-state index is 0.390. The van der Waals surface area contributed by atoms with Crippen molar-refractivity contribution in [1.29, 1.82) is 15.8 Å². The Bertz CT molecular complexity index is 1930. The maximum atomic E-state index is 9.74. The first kappa shape index (κ1) is 26.1. The largest absolute Gasteiger partial charge is 0.311 e. The van der Waals surface area contributed by atoms with E-state index in [1.165, 1.54) is 0 Å². The highest BCUT2D eigenvalue weighted by atomic mass is 15.1. The van der Waals surface area contributed by atoms with E-state index in [0.717, 1.165) is 22.6 Å². The van der Waals surface area contributed by atoms with Crippen LogP contribution in [0.5, 0.6) is 0 Å². The van der Waals surface area contributed by atoms with E-state index in [-0.39, 0.29) is 0 Å². The minimum absolute atomic E-state index is 0.390. The number of hydrogen-bond donors (Lipinski definition) is 0. The number of anilines is 3. The fraction of sp³-hybridized carbons (Fsp3) is 0. The van der Waals surface area contributed by atoms with Gasteiger partial charge < -0.3 is 4.90 Å². The van der Waals surface area contributed by atoms with Gasteiger partial charge in [0.2, 0.25) is 0 Å². The van der Waals surface area contributed by atoms with E-state index in [9.17, 15) is 10.5 Å². The Morgan fingerprint density at radius 3 is 1.46 bits per heavy atom. The third kappa shape index (κ3) is 6.15. The van der Waals surface area contributed by atoms with Crippen molar-refractivity contribution in [3.63, 3.8) is 0 Å². The molecule has 5 aromatic carbocycles. The average Bonchev–Trinajstić information content (AvgIpc) is 3.04. The lowest BCUT2D eigenvalue weighted by molar-refractivity contribution is 1.28. The lowest BCUT2D eigenvalue weighted by Crippen LogP contribution is -2.09. The predicted molar refractivity (Wildman–Crippen MR) is 160 cm³/mol. The topological polar surface area (TPSA) is 74.6 Å². The summed E-state index contributed by atoms with van der Waals surface area (Å²) in [6, 6.07) is 44.7. The molecule has 5 aromatic rings. The molecule has 0 saturated carbocycles. The third-order valence-electron chi connectivity index (χ3n) is 6.25. The van der Waals surface area contributed by atoms with Gasteiger partial charge in [0.05, 0.1) is 22.8 Å². The van der Waals surface area contributed by atoms with E-state index in [1.807, 2.05) is 60.7 Å². The molecular weight excluding hydrogens is 500 g/mol. The highest BCUT2D eigenvalue weighted by Crippen LogP contribution is 2.34. The minimum Gasteiger partial charge on any atom is -0.311 e. The van der Waals surface area contributed by atoms with Crippen LogP contribution in [-0.2, 0) is 0 Å². The normalized spacial score (nSPS) is 9.49. The molecule has 0 aliphatic rings. The number of para-hydroxylation sites is 2. The lowest BCUT2D eigenvalue weighted by atomic mass is 10.0. The van der Waals surface area contributed by atoms with Crippen LogP contribution in [0.15, 0.2) is 121 Å². The molecule has 0 heterocycles. The Kier molecular flexibility index (Phi) is 7.87. The number of nitrogens with zero attached hydrogens (tertiary/aromatic N) is 4. The average molecular weight is 521 g/mol. The highest BCUT2D eigenvalue weighted by Gasteiger charge is 2.11. The van der Waals surface area contributed by atoms with Crippen molar-refractivity contribution in [2.45, 2.75) is 0 Å². The molecule has 0 atom stereocenters. The highest BCUT2D eigenvalue weighted by molar-refractivity contribution is 5.76. The fourth-order valence-corrected chi connectivity index (χ4v) is 4.21. The van der Waals surface area contributed by atoms with Gasteiger partial charge in [-0.2, -0.15) is 15.8 Å². The van der Waals surface area contributed by atoms with Crippen LogP contribution in [0.1, 0.15) is 38.9 Å². The molecule has 188 valence electrons. The summed E-state index contributed by atoms with van der Waals surface area (Å²) in [7, 11) is 0. The Morgan fingerprint density at radius 1 is 0.366 bits per heavy atom. The molecule has 0 spiro atoms. The third-order valence-corrected chi connectivity index (χ3v) is 6.25. The first-order valence-electron chi connectivity index (χ1n) is 12.7. The van der Waals surface area contributed by atoms with E-state index in [1.54, 1.807) is 36.4 Å². The molecule has 4 nitrogen and oxygen atoms in total. The summed E-state index contributed by atoms with van der Waals surface area (Å²) in [5.74, 6) is 12.2.